The van der Waals surface area contributed by atoms with E-state index in [0.717, 1.165) is 0 Å². The van der Waals surface area contributed by atoms with Gasteiger partial charge in [0.15, 0.2) is 0 Å². The van der Waals surface area contributed by atoms with Crippen LogP contribution in [0.15, 0.2) is 47.0 Å². The lowest BCUT2D eigenvalue weighted by atomic mass is 9.96. The maximum Gasteiger partial charge on any atom is 0.308 e. The Morgan fingerprint density at radius 3 is 2.50 bits per heavy atom. The second-order valence-electron chi connectivity index (χ2n) is 9.05. The van der Waals surface area contributed by atoms with Crippen molar-refractivity contribution in [2.45, 2.75) is 38.5 Å². The average molecular weight is 541 g/mol. The minimum Gasteiger partial charge on any atom is -0.469 e. The summed E-state index contributed by atoms with van der Waals surface area (Å²) in [4.78, 5) is 55.7. The number of para-hydroxylation sites is 1. The molecule has 1 aliphatic heterocycles. The Hall–Kier alpha value is -3.92. The lowest BCUT2D eigenvalue weighted by Gasteiger charge is -2.30. The van der Waals surface area contributed by atoms with Crippen molar-refractivity contribution >= 4 is 57.8 Å². The molecule has 1 saturated heterocycles. The zero-order valence-corrected chi connectivity index (χ0v) is 21.8. The predicted molar refractivity (Wildman–Crippen MR) is 142 cm³/mol. The van der Waals surface area contributed by atoms with E-state index in [1.165, 1.54) is 13.3 Å². The van der Waals surface area contributed by atoms with Crippen LogP contribution in [-0.2, 0) is 19.1 Å². The van der Waals surface area contributed by atoms with Gasteiger partial charge in [0.05, 0.1) is 18.1 Å². The smallest absolute Gasteiger partial charge is 0.308 e. The van der Waals surface area contributed by atoms with E-state index in [9.17, 15) is 19.2 Å². The van der Waals surface area contributed by atoms with Crippen molar-refractivity contribution in [3.05, 3.63) is 53.4 Å². The molecule has 3 aromatic rings. The second-order valence-corrected chi connectivity index (χ2v) is 9.49. The first-order chi connectivity index (χ1) is 18.4. The molecule has 1 fully saturated rings. The molecule has 4 rings (SSSR count). The fourth-order valence-corrected chi connectivity index (χ4v) is 4.52. The van der Waals surface area contributed by atoms with Gasteiger partial charge in [-0.25, -0.2) is 4.98 Å². The maximum absolute atomic E-state index is 12.9. The molecule has 200 valence electrons. The number of carbonyl (C=O) groups excluding carboxylic acids is 4. The van der Waals surface area contributed by atoms with Crippen LogP contribution in [0.25, 0.3) is 11.0 Å². The molecular formula is C27H29ClN4O6. The van der Waals surface area contributed by atoms with Crippen molar-refractivity contribution in [1.82, 2.24) is 9.88 Å². The lowest BCUT2D eigenvalue weighted by Crippen LogP contribution is -2.40. The molecule has 0 aliphatic carbocycles. The van der Waals surface area contributed by atoms with Crippen molar-refractivity contribution in [2.75, 3.05) is 30.8 Å². The van der Waals surface area contributed by atoms with E-state index >= 15 is 0 Å². The number of carbonyl (C=O) groups is 4. The van der Waals surface area contributed by atoms with E-state index in [1.54, 1.807) is 41.3 Å². The number of hydrogen-bond donors (Lipinski definition) is 2. The molecule has 11 heteroatoms. The number of pyridine rings is 1. The number of halogens is 1. The quantitative estimate of drug-likeness (QED) is 0.298. The van der Waals surface area contributed by atoms with Gasteiger partial charge in [-0.05, 0) is 49.9 Å². The third-order valence-electron chi connectivity index (χ3n) is 6.46. The highest BCUT2D eigenvalue weighted by molar-refractivity contribution is 6.30. The molecule has 0 saturated carbocycles. The van der Waals surface area contributed by atoms with Crippen LogP contribution in [0.4, 0.5) is 11.5 Å². The number of furan rings is 1. The van der Waals surface area contributed by atoms with Gasteiger partial charge in [-0.1, -0.05) is 23.7 Å². The molecule has 0 radical (unpaired) electrons. The molecule has 0 unspecified atom stereocenters. The molecule has 2 N–H and O–H groups in total. The zero-order valence-electron chi connectivity index (χ0n) is 21.0. The standard InChI is InChI=1S/C27H29ClN4O6/c1-37-27(36)17-12-14-32(15-13-17)23(34)9-5-4-8-22(33)31-24-19-6-2-3-7-20(19)38-25(24)26(35)30-21-11-10-18(28)16-29-21/h2-3,6-7,10-11,16-17H,4-5,8-9,12-15H2,1H3,(H,31,33)(H,29,30,35). The number of amides is 3. The number of likely N-dealkylation sites (tertiary alicyclic amines) is 1. The first kappa shape index (κ1) is 27.1. The van der Waals surface area contributed by atoms with E-state index < -0.39 is 5.91 Å². The molecule has 10 nitrogen and oxygen atoms in total. The Morgan fingerprint density at radius 1 is 1.05 bits per heavy atom. The number of anilines is 2. The van der Waals surface area contributed by atoms with Crippen molar-refractivity contribution in [1.29, 1.82) is 0 Å². The van der Waals surface area contributed by atoms with Crippen LogP contribution >= 0.6 is 11.6 Å². The first-order valence-corrected chi connectivity index (χ1v) is 12.8. The number of hydrogen-bond acceptors (Lipinski definition) is 7. The molecule has 0 bridgehead atoms. The van der Waals surface area contributed by atoms with E-state index in [4.69, 9.17) is 20.8 Å². The van der Waals surface area contributed by atoms with Crippen LogP contribution in [0.3, 0.4) is 0 Å². The number of methoxy groups -OCH3 is 1. The van der Waals surface area contributed by atoms with Crippen molar-refractivity contribution in [3.8, 4) is 0 Å². The number of rotatable bonds is 9. The summed E-state index contributed by atoms with van der Waals surface area (Å²) in [7, 11) is 1.37. The number of aromatic nitrogens is 1. The number of nitrogens with zero attached hydrogens (tertiary/aromatic N) is 2. The van der Waals surface area contributed by atoms with E-state index in [0.29, 0.717) is 61.2 Å². The van der Waals surface area contributed by atoms with Crippen LogP contribution < -0.4 is 10.6 Å². The molecule has 1 aromatic carbocycles. The Bertz CT molecular complexity index is 1310. The van der Waals surface area contributed by atoms with Crippen LogP contribution in [-0.4, -0.2) is 53.8 Å². The van der Waals surface area contributed by atoms with Crippen LogP contribution in [0.1, 0.15) is 49.1 Å². The fourth-order valence-electron chi connectivity index (χ4n) is 4.41. The molecule has 0 atom stereocenters. The van der Waals surface area contributed by atoms with Gasteiger partial charge in [0, 0.05) is 37.5 Å². The normalized spacial score (nSPS) is 13.8. The number of benzene rings is 1. The minimum atomic E-state index is -0.562. The summed E-state index contributed by atoms with van der Waals surface area (Å²) in [5.74, 6) is -0.964. The van der Waals surface area contributed by atoms with Crippen molar-refractivity contribution < 1.29 is 28.3 Å². The van der Waals surface area contributed by atoms with Gasteiger partial charge in [-0.15, -0.1) is 0 Å². The SMILES string of the molecule is COC(=O)C1CCN(C(=O)CCCCC(=O)Nc2c(C(=O)Nc3ccc(Cl)cn3)oc3ccccc23)CC1. The zero-order chi connectivity index (χ0) is 27.1. The second kappa shape index (κ2) is 12.6. The number of piperidine rings is 1. The van der Waals surface area contributed by atoms with E-state index in [2.05, 4.69) is 15.6 Å². The summed E-state index contributed by atoms with van der Waals surface area (Å²) in [6, 6.07) is 10.2. The van der Waals surface area contributed by atoms with Crippen LogP contribution in [0.2, 0.25) is 5.02 Å². The Balaban J connectivity index is 1.30. The summed E-state index contributed by atoms with van der Waals surface area (Å²) >= 11 is 5.85. The minimum absolute atomic E-state index is 0.0179. The van der Waals surface area contributed by atoms with Gasteiger partial charge in [-0.2, -0.15) is 0 Å². The van der Waals surface area contributed by atoms with Crippen LogP contribution in [0, 0.1) is 5.92 Å². The summed E-state index contributed by atoms with van der Waals surface area (Å²) in [5.41, 5.74) is 0.736. The Kier molecular flexibility index (Phi) is 8.96. The number of ether oxygens (including phenoxy) is 1. The average Bonchev–Trinajstić information content (AvgIpc) is 3.30. The van der Waals surface area contributed by atoms with Gasteiger partial charge in [-0.3, -0.25) is 19.2 Å². The molecule has 3 heterocycles. The predicted octanol–water partition coefficient (Wildman–Crippen LogP) is 4.64. The summed E-state index contributed by atoms with van der Waals surface area (Å²) in [6.45, 7) is 1.06. The van der Waals surface area contributed by atoms with Crippen LogP contribution in [0.5, 0.6) is 0 Å². The molecule has 0 spiro atoms. The molecule has 38 heavy (non-hydrogen) atoms. The highest BCUT2D eigenvalue weighted by Crippen LogP contribution is 2.31. The van der Waals surface area contributed by atoms with Gasteiger partial charge >= 0.3 is 5.97 Å². The topological polar surface area (TPSA) is 131 Å². The third kappa shape index (κ3) is 6.69. The van der Waals surface area contributed by atoms with Gasteiger partial charge < -0.3 is 24.7 Å². The molecule has 1 aliphatic rings. The maximum atomic E-state index is 12.9. The summed E-state index contributed by atoms with van der Waals surface area (Å²) in [6.07, 6.45) is 4.16. The van der Waals surface area contributed by atoms with Crippen molar-refractivity contribution in [2.24, 2.45) is 5.92 Å². The molecular weight excluding hydrogens is 512 g/mol. The van der Waals surface area contributed by atoms with E-state index in [-0.39, 0.29) is 47.4 Å². The highest BCUT2D eigenvalue weighted by Gasteiger charge is 2.27. The number of nitrogens with one attached hydrogen (secondary N) is 2. The number of fused-ring (bicyclic) bond motifs is 1. The fraction of sp³-hybridized carbons (Fsp3) is 0.370. The lowest BCUT2D eigenvalue weighted by molar-refractivity contribution is -0.148. The highest BCUT2D eigenvalue weighted by atomic mass is 35.5. The van der Waals surface area contributed by atoms with E-state index in [1.807, 2.05) is 0 Å². The number of esters is 1. The third-order valence-corrected chi connectivity index (χ3v) is 6.69. The molecule has 3 amide bonds. The van der Waals surface area contributed by atoms with Gasteiger partial charge in [0.1, 0.15) is 17.1 Å². The van der Waals surface area contributed by atoms with Gasteiger partial charge in [0.2, 0.25) is 17.6 Å². The number of unbranched alkanes of at least 4 members (excludes halogenated alkanes) is 1. The largest absolute Gasteiger partial charge is 0.469 e. The van der Waals surface area contributed by atoms with Crippen molar-refractivity contribution in [3.63, 3.8) is 0 Å². The summed E-state index contributed by atoms with van der Waals surface area (Å²) < 4.78 is 10.5. The summed E-state index contributed by atoms with van der Waals surface area (Å²) in [5, 5.41) is 6.49. The Labute approximate surface area is 224 Å². The van der Waals surface area contributed by atoms with Gasteiger partial charge in [0.25, 0.3) is 5.91 Å². The first-order valence-electron chi connectivity index (χ1n) is 12.5. The Morgan fingerprint density at radius 2 is 1.79 bits per heavy atom. The monoisotopic (exact) mass is 540 g/mol. The molecule has 2 aromatic heterocycles.